The van der Waals surface area contributed by atoms with E-state index in [1.165, 1.54) is 347 Å². The molecule has 0 aromatic carbocycles. The second-order valence-corrected chi connectivity index (χ2v) is 26.0. The Labute approximate surface area is 513 Å². The van der Waals surface area contributed by atoms with Gasteiger partial charge in [0.1, 0.15) is 0 Å². The fraction of sp³-hybridized carbons (Fsp3) is 0.921. The van der Waals surface area contributed by atoms with Crippen molar-refractivity contribution in [1.82, 2.24) is 5.32 Å². The molecule has 0 aliphatic carbocycles. The van der Waals surface area contributed by atoms with E-state index in [2.05, 4.69) is 43.5 Å². The third-order valence-corrected chi connectivity index (χ3v) is 17.7. The van der Waals surface area contributed by atoms with Gasteiger partial charge in [0.05, 0.1) is 25.4 Å². The number of allylic oxidation sites excluding steroid dienone is 4. The first-order valence-electron chi connectivity index (χ1n) is 37.6. The van der Waals surface area contributed by atoms with Crippen molar-refractivity contribution in [2.24, 2.45) is 0 Å². The molecule has 0 spiro atoms. The first-order valence-corrected chi connectivity index (χ1v) is 37.6. The molecule has 0 heterocycles. The lowest BCUT2D eigenvalue weighted by molar-refractivity contribution is -0.143. The van der Waals surface area contributed by atoms with Crippen LogP contribution >= 0.6 is 0 Å². The van der Waals surface area contributed by atoms with E-state index in [0.29, 0.717) is 25.9 Å². The Bertz CT molecular complexity index is 1280. The van der Waals surface area contributed by atoms with Gasteiger partial charge in [-0.2, -0.15) is 0 Å². The molecule has 2 atom stereocenters. The fourth-order valence-corrected chi connectivity index (χ4v) is 12.0. The minimum Gasteiger partial charge on any atom is -0.466 e. The molecule has 0 saturated heterocycles. The molecular weight excluding hydrogens is 1010 g/mol. The van der Waals surface area contributed by atoms with Gasteiger partial charge in [0.2, 0.25) is 5.91 Å². The minimum atomic E-state index is -0.663. The van der Waals surface area contributed by atoms with Gasteiger partial charge in [0.25, 0.3) is 0 Å². The van der Waals surface area contributed by atoms with Crippen LogP contribution in [-0.2, 0) is 14.3 Å². The van der Waals surface area contributed by atoms with Crippen molar-refractivity contribution in [2.45, 2.75) is 437 Å². The number of hydrogen-bond acceptors (Lipinski definition) is 5. The maximum atomic E-state index is 12.5. The average Bonchev–Trinajstić information content (AvgIpc) is 3.48. The molecule has 1 amide bonds. The van der Waals surface area contributed by atoms with Gasteiger partial charge in [-0.25, -0.2) is 0 Å². The Kier molecular flexibility index (Phi) is 70.4. The molecule has 0 aliphatic heterocycles. The molecule has 486 valence electrons. The summed E-state index contributed by atoms with van der Waals surface area (Å²) in [6.45, 7) is 4.99. The van der Waals surface area contributed by atoms with E-state index in [1.54, 1.807) is 0 Å². The first-order chi connectivity index (χ1) is 40.5. The molecule has 0 radical (unpaired) electrons. The number of aliphatic hydroxyl groups excluding tert-OH is 2. The van der Waals surface area contributed by atoms with Crippen molar-refractivity contribution in [3.63, 3.8) is 0 Å². The highest BCUT2D eigenvalue weighted by Crippen LogP contribution is 2.19. The first kappa shape index (κ1) is 80.3. The van der Waals surface area contributed by atoms with E-state index in [0.717, 1.165) is 44.9 Å². The van der Waals surface area contributed by atoms with Crippen LogP contribution in [0.5, 0.6) is 0 Å². The summed E-state index contributed by atoms with van der Waals surface area (Å²) in [4.78, 5) is 24.6. The number of nitrogens with one attached hydrogen (secondary N) is 1. The molecule has 0 rings (SSSR count). The van der Waals surface area contributed by atoms with E-state index < -0.39 is 12.1 Å². The van der Waals surface area contributed by atoms with Gasteiger partial charge in [0, 0.05) is 12.8 Å². The molecule has 0 aliphatic rings. The van der Waals surface area contributed by atoms with Crippen molar-refractivity contribution in [2.75, 3.05) is 13.2 Å². The number of aliphatic hydroxyl groups is 2. The lowest BCUT2D eigenvalue weighted by atomic mass is 10.0. The maximum Gasteiger partial charge on any atom is 0.305 e. The molecule has 0 aromatic heterocycles. The predicted octanol–water partition coefficient (Wildman–Crippen LogP) is 24.5. The summed E-state index contributed by atoms with van der Waals surface area (Å²) in [7, 11) is 0. The van der Waals surface area contributed by atoms with Gasteiger partial charge in [-0.15, -0.1) is 0 Å². The van der Waals surface area contributed by atoms with Crippen LogP contribution in [0.2, 0.25) is 0 Å². The van der Waals surface area contributed by atoms with Crippen LogP contribution in [0.4, 0.5) is 0 Å². The number of unbranched alkanes of at least 4 members (excludes halogenated alkanes) is 56. The summed E-state index contributed by atoms with van der Waals surface area (Å²) in [5.74, 6) is -0.0145. The van der Waals surface area contributed by atoms with Crippen LogP contribution in [0.25, 0.3) is 0 Å². The van der Waals surface area contributed by atoms with Gasteiger partial charge in [0.15, 0.2) is 0 Å². The number of hydrogen-bond donors (Lipinski definition) is 3. The van der Waals surface area contributed by atoms with E-state index in [9.17, 15) is 19.8 Å². The van der Waals surface area contributed by atoms with Crippen LogP contribution in [0, 0.1) is 0 Å². The quantitative estimate of drug-likeness (QED) is 0.0320. The molecule has 0 bridgehead atoms. The second kappa shape index (κ2) is 71.8. The Morgan fingerprint density at radius 1 is 0.329 bits per heavy atom. The normalized spacial score (nSPS) is 12.6. The summed E-state index contributed by atoms with van der Waals surface area (Å²) in [5.41, 5.74) is 0. The topological polar surface area (TPSA) is 95.9 Å². The highest BCUT2D eigenvalue weighted by atomic mass is 16.5. The zero-order chi connectivity index (χ0) is 59.2. The van der Waals surface area contributed by atoms with Crippen molar-refractivity contribution in [3.8, 4) is 0 Å². The second-order valence-electron chi connectivity index (χ2n) is 26.0. The fourth-order valence-electron chi connectivity index (χ4n) is 12.0. The Morgan fingerprint density at radius 2 is 0.573 bits per heavy atom. The Morgan fingerprint density at radius 3 is 0.866 bits per heavy atom. The summed E-state index contributed by atoms with van der Waals surface area (Å²) in [5, 5.41) is 23.4. The van der Waals surface area contributed by atoms with E-state index in [1.807, 2.05) is 0 Å². The summed E-state index contributed by atoms with van der Waals surface area (Å²) in [6, 6.07) is -0.540. The summed E-state index contributed by atoms with van der Waals surface area (Å²) in [6.07, 6.45) is 91.0. The third-order valence-electron chi connectivity index (χ3n) is 17.7. The number of rotatable bonds is 71. The highest BCUT2D eigenvalue weighted by molar-refractivity contribution is 5.76. The van der Waals surface area contributed by atoms with Crippen LogP contribution in [-0.4, -0.2) is 47.4 Å². The maximum absolute atomic E-state index is 12.5. The molecule has 6 heteroatoms. The minimum absolute atomic E-state index is 0.0151. The van der Waals surface area contributed by atoms with Crippen LogP contribution in [0.1, 0.15) is 425 Å². The van der Waals surface area contributed by atoms with Crippen molar-refractivity contribution in [3.05, 3.63) is 24.3 Å². The number of carbonyl (C=O) groups is 2. The number of ether oxygens (including phenoxy) is 1. The van der Waals surface area contributed by atoms with Gasteiger partial charge in [-0.1, -0.05) is 359 Å². The van der Waals surface area contributed by atoms with Gasteiger partial charge in [-0.05, 0) is 77.0 Å². The molecule has 0 saturated carbocycles. The molecule has 0 fully saturated rings. The molecule has 82 heavy (non-hydrogen) atoms. The molecule has 0 aromatic rings. The number of amides is 1. The molecular formula is C76H147NO5. The lowest BCUT2D eigenvalue weighted by Crippen LogP contribution is -2.45. The highest BCUT2D eigenvalue weighted by Gasteiger charge is 2.20. The van der Waals surface area contributed by atoms with Crippen LogP contribution < -0.4 is 5.32 Å². The third kappa shape index (κ3) is 67.5. The van der Waals surface area contributed by atoms with Crippen LogP contribution in [0.15, 0.2) is 24.3 Å². The predicted molar refractivity (Wildman–Crippen MR) is 361 cm³/mol. The molecule has 2 unspecified atom stereocenters. The van der Waals surface area contributed by atoms with Crippen molar-refractivity contribution < 1.29 is 24.5 Å². The zero-order valence-corrected chi connectivity index (χ0v) is 55.8. The Balaban J connectivity index is 3.35. The number of esters is 1. The van der Waals surface area contributed by atoms with Crippen molar-refractivity contribution >= 4 is 11.9 Å². The van der Waals surface area contributed by atoms with Gasteiger partial charge >= 0.3 is 5.97 Å². The number of carbonyl (C=O) groups excluding carboxylic acids is 2. The SMILES string of the molecule is CCCCCCCCC/C=C\CCCCCCCCCC(=O)OCCCCCCCCCCCCCC/C=C\CCCCCCCCCCCCCCCCC(=O)NC(CO)C(O)CCCCCCCCCCCCCCCCCCC. The van der Waals surface area contributed by atoms with E-state index >= 15 is 0 Å². The average molecular weight is 1160 g/mol. The molecule has 6 nitrogen and oxygen atoms in total. The smallest absolute Gasteiger partial charge is 0.305 e. The largest absolute Gasteiger partial charge is 0.466 e. The standard InChI is InChI=1S/C76H147NO5/c1-3-5-7-9-11-13-15-17-19-21-38-42-46-50-54-58-62-66-70-76(81)82-71-67-63-59-55-51-47-43-39-35-33-31-29-27-25-23-22-24-26-28-30-32-34-37-41-45-49-53-57-61-65-69-75(80)77-73(72-78)74(79)68-64-60-56-52-48-44-40-36-20-18-16-14-12-10-8-6-4-2/h19,21,23,25,73-74,78-79H,3-18,20,22,24,26-72H2,1-2H3,(H,77,80)/b21-19-,25-23-. The van der Waals surface area contributed by atoms with Gasteiger partial charge in [-0.3, -0.25) is 9.59 Å². The monoisotopic (exact) mass is 1150 g/mol. The van der Waals surface area contributed by atoms with E-state index in [-0.39, 0.29) is 18.5 Å². The lowest BCUT2D eigenvalue weighted by Gasteiger charge is -2.22. The van der Waals surface area contributed by atoms with Gasteiger partial charge < -0.3 is 20.3 Å². The van der Waals surface area contributed by atoms with E-state index in [4.69, 9.17) is 4.74 Å². The van der Waals surface area contributed by atoms with Crippen LogP contribution in [0.3, 0.4) is 0 Å². The molecule has 3 N–H and O–H groups in total. The Hall–Kier alpha value is -1.66. The summed E-state index contributed by atoms with van der Waals surface area (Å²) < 4.78 is 5.51. The zero-order valence-electron chi connectivity index (χ0n) is 55.8. The van der Waals surface area contributed by atoms with Crippen molar-refractivity contribution in [1.29, 1.82) is 0 Å². The summed E-state index contributed by atoms with van der Waals surface area (Å²) >= 11 is 0.